The number of aryl methyl sites for hydroxylation is 3. The molecule has 4 heterocycles. The molecule has 0 radical (unpaired) electrons. The summed E-state index contributed by atoms with van der Waals surface area (Å²) >= 11 is 0. The summed E-state index contributed by atoms with van der Waals surface area (Å²) in [6, 6.07) is 19.2. The van der Waals surface area contributed by atoms with Gasteiger partial charge >= 0.3 is 0 Å². The van der Waals surface area contributed by atoms with Gasteiger partial charge in [-0.05, 0) is 55.2 Å². The number of hydrogen-bond acceptors (Lipinski definition) is 5. The van der Waals surface area contributed by atoms with Crippen LogP contribution in [-0.2, 0) is 25.0 Å². The topological polar surface area (TPSA) is 97.3 Å². The first kappa shape index (κ1) is 25.4. The van der Waals surface area contributed by atoms with Gasteiger partial charge in [0.1, 0.15) is 6.33 Å². The van der Waals surface area contributed by atoms with Gasteiger partial charge in [0.05, 0.1) is 11.3 Å². The number of anilines is 1. The summed E-state index contributed by atoms with van der Waals surface area (Å²) in [5.74, 6) is 0.0152. The number of benzene rings is 1. The van der Waals surface area contributed by atoms with Gasteiger partial charge in [-0.2, -0.15) is 0 Å². The Morgan fingerprint density at radius 2 is 1.82 bits per heavy atom. The highest BCUT2D eigenvalue weighted by Gasteiger charge is 2.38. The predicted molar refractivity (Wildman–Crippen MR) is 147 cm³/mol. The van der Waals surface area contributed by atoms with E-state index in [2.05, 4.69) is 34.2 Å². The van der Waals surface area contributed by atoms with Crippen molar-refractivity contribution in [3.8, 4) is 0 Å². The van der Waals surface area contributed by atoms with Crippen LogP contribution >= 0.6 is 0 Å². The molecule has 8 heteroatoms. The number of aromatic nitrogens is 5. The van der Waals surface area contributed by atoms with Crippen molar-refractivity contribution in [2.24, 2.45) is 0 Å². The minimum absolute atomic E-state index is 0.260. The number of fused-ring (bicyclic) bond motifs is 1. The van der Waals surface area contributed by atoms with Crippen LogP contribution in [-0.4, -0.2) is 35.2 Å². The molecule has 1 unspecified atom stereocenters. The molecule has 1 aromatic carbocycles. The van der Waals surface area contributed by atoms with Crippen molar-refractivity contribution in [1.29, 1.82) is 0 Å². The Labute approximate surface area is 222 Å². The minimum Gasteiger partial charge on any atom is -0.374 e. The smallest absolute Gasteiger partial charge is 0.259 e. The SMILES string of the molecule is CCCc1cc2cc(C(O)(c3ccccc3)c3ccccn3)c(CC)n2cc1C(=O)Nc1ncn(CC)n1. The molecular weight excluding hydrogens is 476 g/mol. The third-order valence-corrected chi connectivity index (χ3v) is 6.90. The predicted octanol–water partition coefficient (Wildman–Crippen LogP) is 5.00. The van der Waals surface area contributed by atoms with Gasteiger partial charge < -0.3 is 9.51 Å². The van der Waals surface area contributed by atoms with Gasteiger partial charge in [0.25, 0.3) is 5.91 Å². The van der Waals surface area contributed by atoms with Crippen molar-refractivity contribution in [3.63, 3.8) is 0 Å². The van der Waals surface area contributed by atoms with Crippen LogP contribution in [0.25, 0.3) is 5.52 Å². The lowest BCUT2D eigenvalue weighted by Gasteiger charge is -2.29. The number of nitrogens with one attached hydrogen (secondary N) is 1. The number of aliphatic hydroxyl groups is 1. The van der Waals surface area contributed by atoms with Crippen molar-refractivity contribution in [2.45, 2.75) is 52.2 Å². The van der Waals surface area contributed by atoms with Crippen molar-refractivity contribution in [3.05, 3.63) is 113 Å². The molecular formula is C30H32N6O2. The van der Waals surface area contributed by atoms with E-state index >= 15 is 0 Å². The maximum absolute atomic E-state index is 13.4. The number of rotatable bonds is 9. The Bertz CT molecular complexity index is 1520. The Balaban J connectivity index is 1.69. The van der Waals surface area contributed by atoms with E-state index < -0.39 is 5.60 Å². The van der Waals surface area contributed by atoms with E-state index in [1.165, 1.54) is 0 Å². The van der Waals surface area contributed by atoms with Crippen LogP contribution in [0.2, 0.25) is 0 Å². The highest BCUT2D eigenvalue weighted by atomic mass is 16.3. The first-order valence-electron chi connectivity index (χ1n) is 13.1. The van der Waals surface area contributed by atoms with Crippen LogP contribution < -0.4 is 5.32 Å². The fraction of sp³-hybridized carbons (Fsp3) is 0.267. The van der Waals surface area contributed by atoms with Crippen LogP contribution in [0.4, 0.5) is 5.95 Å². The second kappa shape index (κ2) is 10.6. The lowest BCUT2D eigenvalue weighted by atomic mass is 9.82. The summed E-state index contributed by atoms with van der Waals surface area (Å²) in [4.78, 5) is 22.2. The van der Waals surface area contributed by atoms with Gasteiger partial charge in [-0.3, -0.25) is 19.8 Å². The summed E-state index contributed by atoms with van der Waals surface area (Å²) < 4.78 is 3.68. The highest BCUT2D eigenvalue weighted by Crippen LogP contribution is 2.39. The van der Waals surface area contributed by atoms with Crippen LogP contribution in [0, 0.1) is 0 Å². The molecule has 5 rings (SSSR count). The Hall–Kier alpha value is -4.30. The summed E-state index contributed by atoms with van der Waals surface area (Å²) in [6.07, 6.45) is 7.43. The first-order chi connectivity index (χ1) is 18.5. The van der Waals surface area contributed by atoms with Gasteiger partial charge in [0, 0.05) is 35.7 Å². The van der Waals surface area contributed by atoms with Crippen molar-refractivity contribution >= 4 is 17.4 Å². The average Bonchev–Trinajstić information content (AvgIpc) is 3.57. The van der Waals surface area contributed by atoms with E-state index in [4.69, 9.17) is 0 Å². The van der Waals surface area contributed by atoms with Crippen molar-refractivity contribution in [2.75, 3.05) is 5.32 Å². The van der Waals surface area contributed by atoms with Gasteiger partial charge in [-0.15, -0.1) is 5.10 Å². The second-order valence-corrected chi connectivity index (χ2v) is 9.28. The molecule has 1 amide bonds. The molecule has 0 bridgehead atoms. The van der Waals surface area contributed by atoms with Gasteiger partial charge in [0.15, 0.2) is 5.60 Å². The third-order valence-electron chi connectivity index (χ3n) is 6.90. The Morgan fingerprint density at radius 1 is 1.03 bits per heavy atom. The van der Waals surface area contributed by atoms with E-state index in [9.17, 15) is 9.90 Å². The number of nitrogens with zero attached hydrogens (tertiary/aromatic N) is 5. The third kappa shape index (κ3) is 4.48. The van der Waals surface area contributed by atoms with Crippen LogP contribution in [0.5, 0.6) is 0 Å². The molecule has 38 heavy (non-hydrogen) atoms. The monoisotopic (exact) mass is 508 g/mol. The molecule has 8 nitrogen and oxygen atoms in total. The van der Waals surface area contributed by atoms with E-state index in [-0.39, 0.29) is 11.9 Å². The fourth-order valence-electron chi connectivity index (χ4n) is 5.04. The van der Waals surface area contributed by atoms with E-state index in [1.807, 2.05) is 78.2 Å². The zero-order valence-corrected chi connectivity index (χ0v) is 21.9. The molecule has 0 saturated heterocycles. The Kier molecular flexibility index (Phi) is 7.07. The fourth-order valence-corrected chi connectivity index (χ4v) is 5.04. The standard InChI is InChI=1S/C30H32N6O2/c1-4-12-21-17-23-18-25(30(38,22-13-8-7-9-14-22)27-15-10-11-16-31-27)26(5-2)36(23)19-24(21)28(37)33-29-32-20-35(6-3)34-29/h7-11,13-20,38H,4-6,12H2,1-3H3,(H,33,34,37). The molecule has 194 valence electrons. The Morgan fingerprint density at radius 3 is 2.47 bits per heavy atom. The van der Waals surface area contributed by atoms with Crippen molar-refractivity contribution in [1.82, 2.24) is 24.1 Å². The molecule has 0 fully saturated rings. The molecule has 1 atom stereocenters. The maximum Gasteiger partial charge on any atom is 0.259 e. The summed E-state index contributed by atoms with van der Waals surface area (Å²) in [5.41, 5.74) is 3.86. The number of pyridine rings is 2. The van der Waals surface area contributed by atoms with Crippen LogP contribution in [0.15, 0.2) is 79.4 Å². The van der Waals surface area contributed by atoms with Gasteiger partial charge in [-0.1, -0.05) is 56.7 Å². The summed E-state index contributed by atoms with van der Waals surface area (Å²) in [5, 5.41) is 19.6. The summed E-state index contributed by atoms with van der Waals surface area (Å²) in [6.45, 7) is 6.77. The van der Waals surface area contributed by atoms with E-state index in [1.54, 1.807) is 17.2 Å². The molecule has 0 aliphatic heterocycles. The summed E-state index contributed by atoms with van der Waals surface area (Å²) in [7, 11) is 0. The van der Waals surface area contributed by atoms with E-state index in [0.717, 1.165) is 40.7 Å². The minimum atomic E-state index is -1.47. The number of carbonyl (C=O) groups excluding carboxylic acids is 1. The lowest BCUT2D eigenvalue weighted by Crippen LogP contribution is -2.30. The van der Waals surface area contributed by atoms with Crippen molar-refractivity contribution < 1.29 is 9.90 Å². The van der Waals surface area contributed by atoms with Gasteiger partial charge in [-0.25, -0.2) is 4.98 Å². The van der Waals surface area contributed by atoms with E-state index in [0.29, 0.717) is 24.2 Å². The molecule has 0 spiro atoms. The molecule has 0 aliphatic carbocycles. The number of amides is 1. The molecule has 4 aromatic heterocycles. The highest BCUT2D eigenvalue weighted by molar-refractivity contribution is 6.04. The molecule has 0 saturated carbocycles. The van der Waals surface area contributed by atoms with Gasteiger partial charge in [0.2, 0.25) is 5.95 Å². The molecule has 0 aliphatic rings. The zero-order chi connectivity index (χ0) is 26.7. The maximum atomic E-state index is 13.4. The van der Waals surface area contributed by atoms with Crippen LogP contribution in [0.1, 0.15) is 65.6 Å². The number of hydrogen-bond donors (Lipinski definition) is 2. The molecule has 5 aromatic rings. The second-order valence-electron chi connectivity index (χ2n) is 9.28. The zero-order valence-electron chi connectivity index (χ0n) is 21.9. The van der Waals surface area contributed by atoms with Crippen LogP contribution in [0.3, 0.4) is 0 Å². The number of carbonyl (C=O) groups is 1. The lowest BCUT2D eigenvalue weighted by molar-refractivity contribution is 0.102. The quantitative estimate of drug-likeness (QED) is 0.292. The normalized spacial score (nSPS) is 12.9. The molecule has 2 N–H and O–H groups in total. The largest absolute Gasteiger partial charge is 0.374 e. The first-order valence-corrected chi connectivity index (χ1v) is 13.1. The average molecular weight is 509 g/mol.